The SMILES string of the molecule is COCOc1ccc(Br)nc1F. The van der Waals surface area contributed by atoms with Gasteiger partial charge in [0.15, 0.2) is 12.5 Å². The Labute approximate surface area is 77.6 Å². The zero-order valence-corrected chi connectivity index (χ0v) is 7.97. The smallest absolute Gasteiger partial charge is 0.256 e. The summed E-state index contributed by atoms with van der Waals surface area (Å²) in [6.45, 7) is 0.0141. The van der Waals surface area contributed by atoms with Gasteiger partial charge in [0.1, 0.15) is 4.60 Å². The third kappa shape index (κ3) is 2.42. The largest absolute Gasteiger partial charge is 0.463 e. The van der Waals surface area contributed by atoms with Gasteiger partial charge in [0.2, 0.25) is 0 Å². The van der Waals surface area contributed by atoms with E-state index in [1.54, 1.807) is 6.07 Å². The summed E-state index contributed by atoms with van der Waals surface area (Å²) in [5.74, 6) is -0.568. The Hall–Kier alpha value is -0.680. The molecule has 5 heteroatoms. The summed E-state index contributed by atoms with van der Waals surface area (Å²) in [6.07, 6.45) is 0. The van der Waals surface area contributed by atoms with Crippen LogP contribution in [0.3, 0.4) is 0 Å². The lowest BCUT2D eigenvalue weighted by Crippen LogP contribution is -2.01. The Morgan fingerprint density at radius 1 is 1.58 bits per heavy atom. The Kier molecular flexibility index (Phi) is 3.43. The molecule has 3 nitrogen and oxygen atoms in total. The van der Waals surface area contributed by atoms with Crippen molar-refractivity contribution in [2.75, 3.05) is 13.9 Å². The average Bonchev–Trinajstić information content (AvgIpc) is 2.03. The minimum Gasteiger partial charge on any atom is -0.463 e. The fourth-order valence-electron chi connectivity index (χ4n) is 0.629. The fraction of sp³-hybridized carbons (Fsp3) is 0.286. The number of halogens is 2. The van der Waals surface area contributed by atoms with Gasteiger partial charge in [-0.25, -0.2) is 4.98 Å². The molecular weight excluding hydrogens is 229 g/mol. The van der Waals surface area contributed by atoms with E-state index in [4.69, 9.17) is 4.74 Å². The summed E-state index contributed by atoms with van der Waals surface area (Å²) in [4.78, 5) is 3.50. The monoisotopic (exact) mass is 235 g/mol. The number of pyridine rings is 1. The first kappa shape index (κ1) is 9.41. The topological polar surface area (TPSA) is 31.4 Å². The highest BCUT2D eigenvalue weighted by Gasteiger charge is 2.04. The lowest BCUT2D eigenvalue weighted by atomic mass is 10.4. The number of nitrogens with zero attached hydrogens (tertiary/aromatic N) is 1. The number of hydrogen-bond donors (Lipinski definition) is 0. The summed E-state index contributed by atoms with van der Waals surface area (Å²) in [6, 6.07) is 3.07. The Morgan fingerprint density at radius 2 is 2.33 bits per heavy atom. The molecule has 1 aromatic rings. The van der Waals surface area contributed by atoms with Gasteiger partial charge >= 0.3 is 0 Å². The first-order valence-corrected chi connectivity index (χ1v) is 3.97. The first-order valence-electron chi connectivity index (χ1n) is 3.18. The van der Waals surface area contributed by atoms with E-state index in [0.29, 0.717) is 4.60 Å². The molecule has 1 heterocycles. The van der Waals surface area contributed by atoms with Gasteiger partial charge in [-0.1, -0.05) is 0 Å². The summed E-state index contributed by atoms with van der Waals surface area (Å²) in [7, 11) is 1.46. The van der Waals surface area contributed by atoms with Crippen molar-refractivity contribution in [3.63, 3.8) is 0 Å². The molecule has 0 spiro atoms. The van der Waals surface area contributed by atoms with Crippen LogP contribution in [0.15, 0.2) is 16.7 Å². The molecule has 0 radical (unpaired) electrons. The molecule has 0 unspecified atom stereocenters. The molecule has 0 aromatic carbocycles. The Bertz CT molecular complexity index is 270. The van der Waals surface area contributed by atoms with E-state index in [1.165, 1.54) is 13.2 Å². The van der Waals surface area contributed by atoms with Crippen LogP contribution in [-0.4, -0.2) is 18.9 Å². The van der Waals surface area contributed by atoms with E-state index in [1.807, 2.05) is 0 Å². The van der Waals surface area contributed by atoms with Gasteiger partial charge in [-0.3, -0.25) is 0 Å². The fourth-order valence-corrected chi connectivity index (χ4v) is 0.917. The van der Waals surface area contributed by atoms with E-state index in [-0.39, 0.29) is 12.5 Å². The summed E-state index contributed by atoms with van der Waals surface area (Å²) < 4.78 is 22.8. The van der Waals surface area contributed by atoms with Crippen LogP contribution in [0.1, 0.15) is 0 Å². The van der Waals surface area contributed by atoms with Crippen LogP contribution in [-0.2, 0) is 4.74 Å². The molecule has 0 saturated carbocycles. The summed E-state index contributed by atoms with van der Waals surface area (Å²) >= 11 is 3.03. The van der Waals surface area contributed by atoms with Crippen LogP contribution in [0.5, 0.6) is 5.75 Å². The molecule has 0 amide bonds. The van der Waals surface area contributed by atoms with Crippen LogP contribution in [0.25, 0.3) is 0 Å². The van der Waals surface area contributed by atoms with Crippen LogP contribution in [0.4, 0.5) is 4.39 Å². The lowest BCUT2D eigenvalue weighted by Gasteiger charge is -2.04. The van der Waals surface area contributed by atoms with Gasteiger partial charge in [-0.2, -0.15) is 4.39 Å². The van der Waals surface area contributed by atoms with Crippen molar-refractivity contribution in [1.82, 2.24) is 4.98 Å². The van der Waals surface area contributed by atoms with Crippen LogP contribution >= 0.6 is 15.9 Å². The number of methoxy groups -OCH3 is 1. The lowest BCUT2D eigenvalue weighted by molar-refractivity contribution is 0.0476. The van der Waals surface area contributed by atoms with Gasteiger partial charge in [-0.05, 0) is 28.1 Å². The molecule has 0 aliphatic heterocycles. The minimum atomic E-state index is -0.651. The van der Waals surface area contributed by atoms with Crippen LogP contribution in [0, 0.1) is 5.95 Å². The van der Waals surface area contributed by atoms with E-state index >= 15 is 0 Å². The van der Waals surface area contributed by atoms with Crippen molar-refractivity contribution in [2.24, 2.45) is 0 Å². The second kappa shape index (κ2) is 4.37. The number of hydrogen-bond acceptors (Lipinski definition) is 3. The molecule has 66 valence electrons. The summed E-state index contributed by atoms with van der Waals surface area (Å²) in [5.41, 5.74) is 0. The Balaban J connectivity index is 2.72. The van der Waals surface area contributed by atoms with Gasteiger partial charge in [0.05, 0.1) is 0 Å². The van der Waals surface area contributed by atoms with E-state index in [9.17, 15) is 4.39 Å². The number of ether oxygens (including phenoxy) is 2. The zero-order chi connectivity index (χ0) is 8.97. The average molecular weight is 236 g/mol. The van der Waals surface area contributed by atoms with Crippen molar-refractivity contribution in [3.05, 3.63) is 22.7 Å². The second-order valence-electron chi connectivity index (χ2n) is 1.97. The van der Waals surface area contributed by atoms with Crippen molar-refractivity contribution in [2.45, 2.75) is 0 Å². The molecule has 1 rings (SSSR count). The predicted molar refractivity (Wildman–Crippen MR) is 44.4 cm³/mol. The molecule has 0 atom stereocenters. The summed E-state index contributed by atoms with van der Waals surface area (Å²) in [5, 5.41) is 0. The zero-order valence-electron chi connectivity index (χ0n) is 6.38. The molecule has 0 N–H and O–H groups in total. The van der Waals surface area contributed by atoms with Gasteiger partial charge in [0, 0.05) is 7.11 Å². The molecule has 0 saturated heterocycles. The van der Waals surface area contributed by atoms with Gasteiger partial charge in [0.25, 0.3) is 5.95 Å². The van der Waals surface area contributed by atoms with E-state index in [2.05, 4.69) is 25.7 Å². The highest BCUT2D eigenvalue weighted by atomic mass is 79.9. The van der Waals surface area contributed by atoms with Gasteiger partial charge < -0.3 is 9.47 Å². The Morgan fingerprint density at radius 3 is 2.92 bits per heavy atom. The molecule has 1 aromatic heterocycles. The van der Waals surface area contributed by atoms with Gasteiger partial charge in [-0.15, -0.1) is 0 Å². The maximum absolute atomic E-state index is 12.9. The predicted octanol–water partition coefficient (Wildman–Crippen LogP) is 1.97. The quantitative estimate of drug-likeness (QED) is 0.593. The molecule has 0 aliphatic rings. The molecule has 0 aliphatic carbocycles. The first-order chi connectivity index (χ1) is 5.74. The minimum absolute atomic E-state index is 0.0141. The van der Waals surface area contributed by atoms with E-state index in [0.717, 1.165) is 0 Å². The third-order valence-electron chi connectivity index (χ3n) is 1.11. The highest BCUT2D eigenvalue weighted by molar-refractivity contribution is 9.10. The molecular formula is C7H7BrFNO2. The third-order valence-corrected chi connectivity index (χ3v) is 1.55. The standard InChI is InChI=1S/C7H7BrFNO2/c1-11-4-12-5-2-3-6(8)10-7(5)9/h2-3H,4H2,1H3. The normalized spacial score (nSPS) is 9.92. The van der Waals surface area contributed by atoms with Crippen molar-refractivity contribution in [3.8, 4) is 5.75 Å². The van der Waals surface area contributed by atoms with Crippen molar-refractivity contribution in [1.29, 1.82) is 0 Å². The number of rotatable bonds is 3. The molecule has 12 heavy (non-hydrogen) atoms. The molecule has 0 bridgehead atoms. The highest BCUT2D eigenvalue weighted by Crippen LogP contribution is 2.17. The van der Waals surface area contributed by atoms with Crippen molar-refractivity contribution < 1.29 is 13.9 Å². The van der Waals surface area contributed by atoms with E-state index < -0.39 is 5.95 Å². The molecule has 0 fully saturated rings. The maximum Gasteiger partial charge on any atom is 0.256 e. The second-order valence-corrected chi connectivity index (χ2v) is 2.79. The van der Waals surface area contributed by atoms with Crippen LogP contribution < -0.4 is 4.74 Å². The van der Waals surface area contributed by atoms with Crippen LogP contribution in [0.2, 0.25) is 0 Å². The van der Waals surface area contributed by atoms with Crippen molar-refractivity contribution >= 4 is 15.9 Å². The maximum atomic E-state index is 12.9. The number of aromatic nitrogens is 1.